The summed E-state index contributed by atoms with van der Waals surface area (Å²) in [5.74, 6) is -0.998. The number of nitrogens with one attached hydrogen (secondary N) is 1. The Balaban J connectivity index is 2.50. The van der Waals surface area contributed by atoms with Crippen LogP contribution in [0, 0.1) is 12.3 Å². The minimum atomic E-state index is -0.855. The van der Waals surface area contributed by atoms with Gasteiger partial charge in [-0.05, 0) is 55.9 Å². The van der Waals surface area contributed by atoms with Gasteiger partial charge in [-0.15, -0.1) is 0 Å². The number of ether oxygens (including phenoxy) is 3. The summed E-state index contributed by atoms with van der Waals surface area (Å²) in [6.07, 6.45) is 0.654. The zero-order valence-electron chi connectivity index (χ0n) is 20.4. The third kappa shape index (κ3) is 6.40. The summed E-state index contributed by atoms with van der Waals surface area (Å²) in [7, 11) is 1.42. The topological polar surface area (TPSA) is 114 Å². The molecule has 9 nitrogen and oxygen atoms in total. The first-order valence-corrected chi connectivity index (χ1v) is 10.9. The Labute approximate surface area is 194 Å². The van der Waals surface area contributed by atoms with E-state index in [0.29, 0.717) is 23.2 Å². The summed E-state index contributed by atoms with van der Waals surface area (Å²) in [6, 6.07) is 1.82. The number of carbonyl (C=O) groups excluding carboxylic acids is 3. The molecule has 0 bridgehead atoms. The van der Waals surface area contributed by atoms with E-state index in [1.54, 1.807) is 32.9 Å². The molecule has 0 saturated carbocycles. The number of amides is 2. The highest BCUT2D eigenvalue weighted by molar-refractivity contribution is 5.96. The molecule has 33 heavy (non-hydrogen) atoms. The Morgan fingerprint density at radius 3 is 2.42 bits per heavy atom. The Morgan fingerprint density at radius 1 is 1.18 bits per heavy atom. The molecule has 0 fully saturated rings. The third-order valence-electron chi connectivity index (χ3n) is 5.34. The van der Waals surface area contributed by atoms with Crippen LogP contribution >= 0.6 is 0 Å². The van der Waals surface area contributed by atoms with Gasteiger partial charge in [0.25, 0.3) is 0 Å². The number of nitrogens with zero attached hydrogens (tertiary/aromatic N) is 1. The van der Waals surface area contributed by atoms with Crippen molar-refractivity contribution in [1.82, 2.24) is 10.2 Å². The molecule has 2 rings (SSSR count). The van der Waals surface area contributed by atoms with Gasteiger partial charge in [0.15, 0.2) is 11.5 Å². The fourth-order valence-corrected chi connectivity index (χ4v) is 3.45. The smallest absolute Gasteiger partial charge is 0.338 e. The van der Waals surface area contributed by atoms with Gasteiger partial charge in [0, 0.05) is 5.70 Å². The number of urea groups is 1. The van der Waals surface area contributed by atoms with Gasteiger partial charge in [-0.2, -0.15) is 0 Å². The first kappa shape index (κ1) is 26.0. The van der Waals surface area contributed by atoms with Gasteiger partial charge in [0.1, 0.15) is 6.54 Å². The van der Waals surface area contributed by atoms with Crippen molar-refractivity contribution in [2.24, 2.45) is 5.41 Å². The van der Waals surface area contributed by atoms with Gasteiger partial charge < -0.3 is 24.6 Å². The van der Waals surface area contributed by atoms with Crippen LogP contribution in [0.4, 0.5) is 4.79 Å². The summed E-state index contributed by atoms with van der Waals surface area (Å²) in [5, 5.41) is 13.0. The highest BCUT2D eigenvalue weighted by Crippen LogP contribution is 2.37. The lowest BCUT2D eigenvalue weighted by molar-refractivity contribution is -0.144. The standard InChI is InChI=1S/C24H34N2O7/c1-8-32-18(27)13-26-15(3)19(22(29)33-10-9-24(4,5)6)20(25-23(26)30)16-11-14(2)21(28)17(12-16)31-7/h11-12,20,28H,8-10,13H2,1-7H3,(H,25,30). The van der Waals surface area contributed by atoms with Crippen molar-refractivity contribution in [2.45, 2.75) is 54.0 Å². The molecule has 1 aromatic rings. The fourth-order valence-electron chi connectivity index (χ4n) is 3.45. The number of methoxy groups -OCH3 is 1. The molecule has 0 aromatic heterocycles. The largest absolute Gasteiger partial charge is 0.504 e. The molecule has 1 aliphatic heterocycles. The molecular weight excluding hydrogens is 428 g/mol. The molecule has 1 aromatic carbocycles. The third-order valence-corrected chi connectivity index (χ3v) is 5.34. The van der Waals surface area contributed by atoms with Crippen LogP contribution in [0.15, 0.2) is 23.4 Å². The molecule has 182 valence electrons. The number of hydrogen-bond donors (Lipinski definition) is 2. The number of phenols is 1. The van der Waals surface area contributed by atoms with Gasteiger partial charge in [0.2, 0.25) is 0 Å². The van der Waals surface area contributed by atoms with Crippen molar-refractivity contribution >= 4 is 18.0 Å². The quantitative estimate of drug-likeness (QED) is 0.568. The lowest BCUT2D eigenvalue weighted by Gasteiger charge is -2.35. The maximum absolute atomic E-state index is 13.2. The average Bonchev–Trinajstić information content (AvgIpc) is 2.71. The van der Waals surface area contributed by atoms with E-state index in [1.165, 1.54) is 12.0 Å². The molecule has 9 heteroatoms. The van der Waals surface area contributed by atoms with Crippen LogP contribution in [-0.2, 0) is 19.1 Å². The van der Waals surface area contributed by atoms with E-state index >= 15 is 0 Å². The van der Waals surface area contributed by atoms with Crippen molar-refractivity contribution in [3.63, 3.8) is 0 Å². The van der Waals surface area contributed by atoms with Crippen LogP contribution in [0.1, 0.15) is 58.2 Å². The normalized spacial score (nSPS) is 16.4. The van der Waals surface area contributed by atoms with E-state index in [-0.39, 0.29) is 42.2 Å². The van der Waals surface area contributed by atoms with E-state index in [2.05, 4.69) is 5.32 Å². The van der Waals surface area contributed by atoms with Crippen molar-refractivity contribution in [2.75, 3.05) is 26.9 Å². The maximum atomic E-state index is 13.2. The van der Waals surface area contributed by atoms with Gasteiger partial charge in [0.05, 0.1) is 31.9 Å². The number of esters is 2. The molecule has 0 radical (unpaired) electrons. The van der Waals surface area contributed by atoms with Gasteiger partial charge in [-0.25, -0.2) is 9.59 Å². The van der Waals surface area contributed by atoms with Crippen molar-refractivity contribution in [1.29, 1.82) is 0 Å². The van der Waals surface area contributed by atoms with E-state index in [0.717, 1.165) is 0 Å². The first-order valence-electron chi connectivity index (χ1n) is 10.9. The number of carbonyl (C=O) groups is 3. The highest BCUT2D eigenvalue weighted by atomic mass is 16.5. The molecule has 0 aliphatic carbocycles. The number of aryl methyl sites for hydroxylation is 1. The van der Waals surface area contributed by atoms with E-state index in [4.69, 9.17) is 14.2 Å². The fraction of sp³-hybridized carbons (Fsp3) is 0.542. The second-order valence-corrected chi connectivity index (χ2v) is 9.11. The summed E-state index contributed by atoms with van der Waals surface area (Å²) in [5.41, 5.74) is 1.52. The molecule has 1 atom stereocenters. The average molecular weight is 463 g/mol. The van der Waals surface area contributed by atoms with Gasteiger partial charge >= 0.3 is 18.0 Å². The number of allylic oxidation sites excluding steroid dienone is 1. The predicted octanol–water partition coefficient (Wildman–Crippen LogP) is 3.59. The van der Waals surface area contributed by atoms with E-state index in [9.17, 15) is 19.5 Å². The SMILES string of the molecule is CCOC(=O)CN1C(=O)NC(c2cc(C)c(O)c(OC)c2)C(C(=O)OCCC(C)(C)C)=C1C. The lowest BCUT2D eigenvalue weighted by Crippen LogP contribution is -2.49. The molecule has 1 heterocycles. The van der Waals surface area contributed by atoms with Crippen LogP contribution in [0.3, 0.4) is 0 Å². The molecule has 0 spiro atoms. The predicted molar refractivity (Wildman–Crippen MR) is 122 cm³/mol. The van der Waals surface area contributed by atoms with Crippen LogP contribution < -0.4 is 10.1 Å². The van der Waals surface area contributed by atoms with Gasteiger partial charge in [-0.3, -0.25) is 9.69 Å². The molecule has 2 amide bonds. The lowest BCUT2D eigenvalue weighted by atomic mass is 9.92. The second kappa shape index (κ2) is 10.6. The van der Waals surface area contributed by atoms with Crippen LogP contribution in [0.5, 0.6) is 11.5 Å². The molecular formula is C24H34N2O7. The minimum Gasteiger partial charge on any atom is -0.504 e. The summed E-state index contributed by atoms with van der Waals surface area (Å²) in [4.78, 5) is 39.3. The Hall–Kier alpha value is -3.23. The van der Waals surface area contributed by atoms with Crippen LogP contribution in [0.2, 0.25) is 0 Å². The Kier molecular flexibility index (Phi) is 8.35. The second-order valence-electron chi connectivity index (χ2n) is 9.11. The van der Waals surface area contributed by atoms with Gasteiger partial charge in [-0.1, -0.05) is 20.8 Å². The first-order chi connectivity index (χ1) is 15.4. The Bertz CT molecular complexity index is 947. The monoisotopic (exact) mass is 462 g/mol. The minimum absolute atomic E-state index is 0.0256. The molecule has 2 N–H and O–H groups in total. The van der Waals surface area contributed by atoms with Crippen LogP contribution in [0.25, 0.3) is 0 Å². The number of phenolic OH excluding ortho intramolecular Hbond substituents is 1. The summed E-state index contributed by atoms with van der Waals surface area (Å²) >= 11 is 0. The summed E-state index contributed by atoms with van der Waals surface area (Å²) in [6.45, 7) is 11.1. The maximum Gasteiger partial charge on any atom is 0.338 e. The number of hydrogen-bond acceptors (Lipinski definition) is 7. The molecule has 1 aliphatic rings. The number of rotatable bonds is 8. The molecule has 1 unspecified atom stereocenters. The van der Waals surface area contributed by atoms with Crippen molar-refractivity contribution in [3.8, 4) is 11.5 Å². The summed E-state index contributed by atoms with van der Waals surface area (Å²) < 4.78 is 15.8. The zero-order valence-corrected chi connectivity index (χ0v) is 20.4. The zero-order chi connectivity index (χ0) is 24.9. The van der Waals surface area contributed by atoms with E-state index in [1.807, 2.05) is 20.8 Å². The van der Waals surface area contributed by atoms with Crippen molar-refractivity contribution < 1.29 is 33.7 Å². The molecule has 0 saturated heterocycles. The Morgan fingerprint density at radius 2 is 1.85 bits per heavy atom. The number of benzene rings is 1. The number of aromatic hydroxyl groups is 1. The highest BCUT2D eigenvalue weighted by Gasteiger charge is 2.38. The van der Waals surface area contributed by atoms with Crippen LogP contribution in [-0.4, -0.2) is 54.8 Å². The van der Waals surface area contributed by atoms with Crippen molar-refractivity contribution in [3.05, 3.63) is 34.5 Å². The van der Waals surface area contributed by atoms with E-state index < -0.39 is 24.0 Å².